The number of nitrogens with zero attached hydrogens (tertiary/aromatic N) is 1. The molecule has 2 atom stereocenters. The lowest BCUT2D eigenvalue weighted by Gasteiger charge is -2.17. The van der Waals surface area contributed by atoms with Gasteiger partial charge in [0.05, 0.1) is 6.20 Å². The number of hydrogen-bond acceptors (Lipinski definition) is 3. The molecule has 0 aromatic carbocycles. The van der Waals surface area contributed by atoms with E-state index >= 15 is 0 Å². The predicted octanol–water partition coefficient (Wildman–Crippen LogP) is 3.76. The predicted molar refractivity (Wildman–Crippen MR) is 79.5 cm³/mol. The lowest BCUT2D eigenvalue weighted by Crippen LogP contribution is -2.21. The molecule has 2 aromatic rings. The van der Waals surface area contributed by atoms with Crippen LogP contribution in [0.4, 0.5) is 0 Å². The van der Waals surface area contributed by atoms with Gasteiger partial charge < -0.3 is 5.32 Å². The first kappa shape index (κ1) is 12.9. The summed E-state index contributed by atoms with van der Waals surface area (Å²) in [4.78, 5) is 3.09. The van der Waals surface area contributed by atoms with E-state index in [1.807, 2.05) is 23.7 Å². The summed E-state index contributed by atoms with van der Waals surface area (Å²) >= 11 is 2.00. The summed E-state index contributed by atoms with van der Waals surface area (Å²) in [6.45, 7) is 4.45. The molecule has 0 spiro atoms. The Morgan fingerprint density at radius 2 is 2.11 bits per heavy atom. The van der Waals surface area contributed by atoms with Gasteiger partial charge in [-0.1, -0.05) is 0 Å². The third kappa shape index (κ3) is 2.74. The standard InChI is InChI=1S/C15H21N3S/c1-10(13-8-16-17-9-13)18-11(2)15-7-12-5-3-4-6-14(12)19-15/h7-11,18H,3-6H2,1-2H3,(H,16,17). The van der Waals surface area contributed by atoms with Gasteiger partial charge in [0, 0.05) is 33.6 Å². The monoisotopic (exact) mass is 275 g/mol. The molecule has 102 valence electrons. The van der Waals surface area contributed by atoms with Crippen LogP contribution in [0.2, 0.25) is 0 Å². The largest absolute Gasteiger partial charge is 0.303 e. The van der Waals surface area contributed by atoms with Crippen LogP contribution in [0.25, 0.3) is 0 Å². The molecule has 0 saturated heterocycles. The number of aromatic nitrogens is 2. The summed E-state index contributed by atoms with van der Waals surface area (Å²) < 4.78 is 0. The highest BCUT2D eigenvalue weighted by Gasteiger charge is 2.18. The van der Waals surface area contributed by atoms with Crippen LogP contribution < -0.4 is 5.32 Å². The van der Waals surface area contributed by atoms with E-state index in [9.17, 15) is 0 Å². The highest BCUT2D eigenvalue weighted by molar-refractivity contribution is 7.12. The first-order valence-electron chi connectivity index (χ1n) is 7.10. The summed E-state index contributed by atoms with van der Waals surface area (Å²) in [6.07, 6.45) is 9.13. The average Bonchev–Trinajstić information content (AvgIpc) is 3.07. The summed E-state index contributed by atoms with van der Waals surface area (Å²) in [5, 5.41) is 10.5. The molecule has 3 rings (SSSR count). The first-order valence-corrected chi connectivity index (χ1v) is 7.92. The molecule has 3 nitrogen and oxygen atoms in total. The Kier molecular flexibility index (Phi) is 3.71. The minimum absolute atomic E-state index is 0.327. The molecule has 0 radical (unpaired) electrons. The molecule has 2 N–H and O–H groups in total. The van der Waals surface area contributed by atoms with Crippen LogP contribution in [0.3, 0.4) is 0 Å². The lowest BCUT2D eigenvalue weighted by atomic mass is 9.99. The van der Waals surface area contributed by atoms with Crippen molar-refractivity contribution in [2.75, 3.05) is 0 Å². The Balaban J connectivity index is 1.70. The second-order valence-electron chi connectivity index (χ2n) is 5.45. The van der Waals surface area contributed by atoms with Crippen LogP contribution in [-0.4, -0.2) is 10.2 Å². The number of rotatable bonds is 4. The van der Waals surface area contributed by atoms with Gasteiger partial charge in [-0.05, 0) is 51.2 Å². The van der Waals surface area contributed by atoms with Crippen molar-refractivity contribution in [1.29, 1.82) is 0 Å². The molecule has 0 fully saturated rings. The fourth-order valence-corrected chi connectivity index (χ4v) is 4.05. The van der Waals surface area contributed by atoms with Crippen LogP contribution in [0, 0.1) is 0 Å². The smallest absolute Gasteiger partial charge is 0.0534 e. The van der Waals surface area contributed by atoms with Gasteiger partial charge in [-0.15, -0.1) is 11.3 Å². The Labute approximate surface area is 118 Å². The van der Waals surface area contributed by atoms with Crippen molar-refractivity contribution >= 4 is 11.3 Å². The van der Waals surface area contributed by atoms with Gasteiger partial charge in [0.1, 0.15) is 0 Å². The zero-order valence-corrected chi connectivity index (χ0v) is 12.4. The highest BCUT2D eigenvalue weighted by Crippen LogP contribution is 2.33. The van der Waals surface area contributed by atoms with E-state index < -0.39 is 0 Å². The van der Waals surface area contributed by atoms with E-state index in [1.54, 1.807) is 10.4 Å². The summed E-state index contributed by atoms with van der Waals surface area (Å²) in [7, 11) is 0. The maximum Gasteiger partial charge on any atom is 0.0534 e. The molecule has 0 bridgehead atoms. The van der Waals surface area contributed by atoms with Gasteiger partial charge in [0.15, 0.2) is 0 Å². The molecule has 19 heavy (non-hydrogen) atoms. The number of H-pyrrole nitrogens is 1. The van der Waals surface area contributed by atoms with Gasteiger partial charge >= 0.3 is 0 Å². The summed E-state index contributed by atoms with van der Waals surface area (Å²) in [5.41, 5.74) is 2.81. The number of thiophene rings is 1. The van der Waals surface area contributed by atoms with Crippen LogP contribution >= 0.6 is 11.3 Å². The second-order valence-corrected chi connectivity index (χ2v) is 6.61. The Hall–Kier alpha value is -1.13. The first-order chi connectivity index (χ1) is 9.24. The minimum atomic E-state index is 0.327. The Morgan fingerprint density at radius 1 is 1.26 bits per heavy atom. The van der Waals surface area contributed by atoms with Crippen molar-refractivity contribution in [3.63, 3.8) is 0 Å². The maximum absolute atomic E-state index is 4.01. The van der Waals surface area contributed by atoms with Crippen molar-refractivity contribution in [3.8, 4) is 0 Å². The quantitative estimate of drug-likeness (QED) is 0.892. The number of hydrogen-bond donors (Lipinski definition) is 2. The van der Waals surface area contributed by atoms with Gasteiger partial charge in [-0.25, -0.2) is 0 Å². The Bertz CT molecular complexity index is 506. The molecule has 2 heterocycles. The maximum atomic E-state index is 4.01. The van der Waals surface area contributed by atoms with E-state index in [0.29, 0.717) is 12.1 Å². The number of aryl methyl sites for hydroxylation is 2. The summed E-state index contributed by atoms with van der Waals surface area (Å²) in [5.74, 6) is 0. The zero-order chi connectivity index (χ0) is 13.2. The van der Waals surface area contributed by atoms with Gasteiger partial charge in [0.25, 0.3) is 0 Å². The van der Waals surface area contributed by atoms with Crippen molar-refractivity contribution in [2.45, 2.75) is 51.6 Å². The van der Waals surface area contributed by atoms with Crippen LogP contribution in [0.15, 0.2) is 18.5 Å². The van der Waals surface area contributed by atoms with E-state index in [2.05, 4.69) is 35.4 Å². The molecule has 0 saturated carbocycles. The average molecular weight is 275 g/mol. The molecule has 2 unspecified atom stereocenters. The van der Waals surface area contributed by atoms with Gasteiger partial charge in [-0.2, -0.15) is 5.10 Å². The van der Waals surface area contributed by atoms with Gasteiger partial charge in [0.2, 0.25) is 0 Å². The van der Waals surface area contributed by atoms with E-state index in [-0.39, 0.29) is 0 Å². The fraction of sp³-hybridized carbons (Fsp3) is 0.533. The van der Waals surface area contributed by atoms with Crippen molar-refractivity contribution in [2.24, 2.45) is 0 Å². The van der Waals surface area contributed by atoms with Crippen molar-refractivity contribution < 1.29 is 0 Å². The van der Waals surface area contributed by atoms with E-state index in [0.717, 1.165) is 0 Å². The molecule has 0 amide bonds. The second kappa shape index (κ2) is 5.47. The Morgan fingerprint density at radius 3 is 2.84 bits per heavy atom. The normalized spacial score (nSPS) is 18.0. The van der Waals surface area contributed by atoms with Crippen molar-refractivity contribution in [1.82, 2.24) is 15.5 Å². The fourth-order valence-electron chi connectivity index (χ4n) is 2.78. The third-order valence-corrected chi connectivity index (χ3v) is 5.38. The molecule has 1 aliphatic rings. The topological polar surface area (TPSA) is 40.7 Å². The molecular formula is C15H21N3S. The third-order valence-electron chi connectivity index (χ3n) is 3.96. The number of nitrogens with one attached hydrogen (secondary N) is 2. The molecule has 1 aliphatic carbocycles. The van der Waals surface area contributed by atoms with Gasteiger partial charge in [-0.3, -0.25) is 5.10 Å². The highest BCUT2D eigenvalue weighted by atomic mass is 32.1. The minimum Gasteiger partial charge on any atom is -0.303 e. The van der Waals surface area contributed by atoms with Crippen LogP contribution in [-0.2, 0) is 12.8 Å². The number of fused-ring (bicyclic) bond motifs is 1. The van der Waals surface area contributed by atoms with E-state index in [1.165, 1.54) is 36.1 Å². The SMILES string of the molecule is CC(NC(C)c1cc2c(s1)CCCC2)c1cn[nH]c1. The molecule has 2 aromatic heterocycles. The number of aromatic amines is 1. The molecule has 4 heteroatoms. The zero-order valence-electron chi connectivity index (χ0n) is 11.6. The van der Waals surface area contributed by atoms with Crippen LogP contribution in [0.1, 0.15) is 59.7 Å². The van der Waals surface area contributed by atoms with Crippen LogP contribution in [0.5, 0.6) is 0 Å². The molecule has 0 aliphatic heterocycles. The van der Waals surface area contributed by atoms with Crippen molar-refractivity contribution in [3.05, 3.63) is 39.3 Å². The van der Waals surface area contributed by atoms with E-state index in [4.69, 9.17) is 0 Å². The molecular weight excluding hydrogens is 254 g/mol. The summed E-state index contributed by atoms with van der Waals surface area (Å²) in [6, 6.07) is 3.15. The lowest BCUT2D eigenvalue weighted by molar-refractivity contribution is 0.500.